The van der Waals surface area contributed by atoms with Gasteiger partial charge in [-0.2, -0.15) is 0 Å². The summed E-state index contributed by atoms with van der Waals surface area (Å²) in [6, 6.07) is 6.81. The van der Waals surface area contributed by atoms with Crippen molar-refractivity contribution in [2.45, 2.75) is 58.4 Å². The number of rotatable bonds is 4. The van der Waals surface area contributed by atoms with Crippen LogP contribution in [0.1, 0.15) is 62.3 Å². The number of fused-ring (bicyclic) bond motifs is 1. The molecule has 2 heteroatoms. The molecule has 0 saturated heterocycles. The predicted molar refractivity (Wildman–Crippen MR) is 74.5 cm³/mol. The summed E-state index contributed by atoms with van der Waals surface area (Å²) in [7, 11) is 0. The van der Waals surface area contributed by atoms with Gasteiger partial charge in [-0.05, 0) is 55.7 Å². The average molecular weight is 245 g/mol. The molecule has 1 aliphatic carbocycles. The Morgan fingerprint density at radius 3 is 2.72 bits per heavy atom. The van der Waals surface area contributed by atoms with Gasteiger partial charge in [0.2, 0.25) is 5.91 Å². The van der Waals surface area contributed by atoms with Gasteiger partial charge in [-0.3, -0.25) is 4.79 Å². The molecule has 98 valence electrons. The van der Waals surface area contributed by atoms with E-state index in [1.165, 1.54) is 42.4 Å². The number of hydrogen-bond donors (Lipinski definition) is 1. The number of amides is 1. The summed E-state index contributed by atoms with van der Waals surface area (Å²) in [5.41, 5.74) is 4.22. The highest BCUT2D eigenvalue weighted by Gasteiger charge is 2.13. The summed E-state index contributed by atoms with van der Waals surface area (Å²) in [6.45, 7) is 4.10. The zero-order valence-corrected chi connectivity index (χ0v) is 11.5. The van der Waals surface area contributed by atoms with E-state index < -0.39 is 0 Å². The number of benzene rings is 1. The lowest BCUT2D eigenvalue weighted by molar-refractivity contribution is -0.121. The SMILES string of the molecule is CCCC(=O)NC(C)c1ccc2c(c1)CCCC2. The highest BCUT2D eigenvalue weighted by Crippen LogP contribution is 2.24. The van der Waals surface area contributed by atoms with E-state index in [2.05, 4.69) is 30.4 Å². The van der Waals surface area contributed by atoms with Crippen molar-refractivity contribution in [2.24, 2.45) is 0 Å². The van der Waals surface area contributed by atoms with Gasteiger partial charge in [0.1, 0.15) is 0 Å². The van der Waals surface area contributed by atoms with Crippen LogP contribution in [0, 0.1) is 0 Å². The second kappa shape index (κ2) is 6.03. The maximum Gasteiger partial charge on any atom is 0.220 e. The minimum absolute atomic E-state index is 0.122. The zero-order valence-electron chi connectivity index (χ0n) is 11.5. The molecule has 0 saturated carbocycles. The molecule has 1 aliphatic rings. The van der Waals surface area contributed by atoms with Crippen molar-refractivity contribution in [2.75, 3.05) is 0 Å². The molecular formula is C16H23NO. The molecule has 2 nitrogen and oxygen atoms in total. The van der Waals surface area contributed by atoms with Crippen molar-refractivity contribution in [1.29, 1.82) is 0 Å². The second-order valence-electron chi connectivity index (χ2n) is 5.27. The van der Waals surface area contributed by atoms with Gasteiger partial charge in [-0.25, -0.2) is 0 Å². The van der Waals surface area contributed by atoms with Gasteiger partial charge in [0.15, 0.2) is 0 Å². The van der Waals surface area contributed by atoms with E-state index in [4.69, 9.17) is 0 Å². The standard InChI is InChI=1S/C16H23NO/c1-3-6-16(18)17-12(2)14-10-9-13-7-4-5-8-15(13)11-14/h9-12H,3-8H2,1-2H3,(H,17,18). The van der Waals surface area contributed by atoms with E-state index in [1.807, 2.05) is 6.92 Å². The minimum atomic E-state index is 0.122. The lowest BCUT2D eigenvalue weighted by Gasteiger charge is -2.20. The van der Waals surface area contributed by atoms with Gasteiger partial charge in [-0.1, -0.05) is 25.1 Å². The molecule has 0 spiro atoms. The maximum atomic E-state index is 11.6. The third kappa shape index (κ3) is 3.12. The number of carbonyl (C=O) groups is 1. The summed E-state index contributed by atoms with van der Waals surface area (Å²) in [6.07, 6.45) is 6.55. The molecule has 1 atom stereocenters. The first kappa shape index (κ1) is 13.1. The molecule has 1 aromatic carbocycles. The fraction of sp³-hybridized carbons (Fsp3) is 0.562. The summed E-state index contributed by atoms with van der Waals surface area (Å²) in [5.74, 6) is 0.155. The van der Waals surface area contributed by atoms with Crippen molar-refractivity contribution >= 4 is 5.91 Å². The first-order chi connectivity index (χ1) is 8.70. The third-order valence-corrected chi connectivity index (χ3v) is 3.73. The molecule has 1 aromatic rings. The quantitative estimate of drug-likeness (QED) is 0.863. The molecule has 0 radical (unpaired) electrons. The van der Waals surface area contributed by atoms with Gasteiger partial charge >= 0.3 is 0 Å². The Morgan fingerprint density at radius 2 is 2.00 bits per heavy atom. The summed E-state index contributed by atoms with van der Waals surface area (Å²) >= 11 is 0. The fourth-order valence-corrected chi connectivity index (χ4v) is 2.65. The van der Waals surface area contributed by atoms with E-state index in [-0.39, 0.29) is 11.9 Å². The Morgan fingerprint density at radius 1 is 1.28 bits per heavy atom. The maximum absolute atomic E-state index is 11.6. The van der Waals surface area contributed by atoms with Crippen molar-refractivity contribution < 1.29 is 4.79 Å². The van der Waals surface area contributed by atoms with E-state index in [0.717, 1.165) is 6.42 Å². The van der Waals surface area contributed by atoms with Gasteiger partial charge in [0.05, 0.1) is 6.04 Å². The van der Waals surface area contributed by atoms with Crippen LogP contribution in [0.2, 0.25) is 0 Å². The summed E-state index contributed by atoms with van der Waals surface area (Å²) in [5, 5.41) is 3.06. The number of carbonyl (C=O) groups excluding carboxylic acids is 1. The largest absolute Gasteiger partial charge is 0.350 e. The normalized spacial score (nSPS) is 15.9. The molecule has 0 heterocycles. The first-order valence-electron chi connectivity index (χ1n) is 7.11. The Hall–Kier alpha value is -1.31. The minimum Gasteiger partial charge on any atom is -0.350 e. The molecule has 1 amide bonds. The molecule has 0 fully saturated rings. The lowest BCUT2D eigenvalue weighted by atomic mass is 9.89. The van der Waals surface area contributed by atoms with E-state index in [0.29, 0.717) is 6.42 Å². The molecule has 1 N–H and O–H groups in total. The van der Waals surface area contributed by atoms with Crippen LogP contribution in [0.25, 0.3) is 0 Å². The predicted octanol–water partition coefficient (Wildman–Crippen LogP) is 3.54. The lowest BCUT2D eigenvalue weighted by Crippen LogP contribution is -2.26. The van der Waals surface area contributed by atoms with Gasteiger partial charge < -0.3 is 5.32 Å². The smallest absolute Gasteiger partial charge is 0.220 e. The van der Waals surface area contributed by atoms with E-state index in [1.54, 1.807) is 0 Å². The molecule has 18 heavy (non-hydrogen) atoms. The number of nitrogens with one attached hydrogen (secondary N) is 1. The van der Waals surface area contributed by atoms with Crippen LogP contribution in [0.5, 0.6) is 0 Å². The van der Waals surface area contributed by atoms with Crippen LogP contribution < -0.4 is 5.32 Å². The first-order valence-corrected chi connectivity index (χ1v) is 7.11. The van der Waals surface area contributed by atoms with Gasteiger partial charge in [-0.15, -0.1) is 0 Å². The zero-order chi connectivity index (χ0) is 13.0. The van der Waals surface area contributed by atoms with E-state index >= 15 is 0 Å². The van der Waals surface area contributed by atoms with Gasteiger partial charge in [0.25, 0.3) is 0 Å². The fourth-order valence-electron chi connectivity index (χ4n) is 2.65. The Bertz CT molecular complexity index is 425. The topological polar surface area (TPSA) is 29.1 Å². The van der Waals surface area contributed by atoms with Crippen molar-refractivity contribution in [3.05, 3.63) is 34.9 Å². The molecular weight excluding hydrogens is 222 g/mol. The molecule has 0 aliphatic heterocycles. The summed E-state index contributed by atoms with van der Waals surface area (Å²) < 4.78 is 0. The highest BCUT2D eigenvalue weighted by atomic mass is 16.1. The van der Waals surface area contributed by atoms with Crippen molar-refractivity contribution in [3.63, 3.8) is 0 Å². The molecule has 0 aromatic heterocycles. The third-order valence-electron chi connectivity index (χ3n) is 3.73. The Balaban J connectivity index is 2.06. The monoisotopic (exact) mass is 245 g/mol. The van der Waals surface area contributed by atoms with Crippen LogP contribution in [0.3, 0.4) is 0 Å². The number of aryl methyl sites for hydroxylation is 2. The Labute approximate surface area is 110 Å². The van der Waals surface area contributed by atoms with Crippen LogP contribution in [0.15, 0.2) is 18.2 Å². The average Bonchev–Trinajstić information content (AvgIpc) is 2.38. The van der Waals surface area contributed by atoms with Crippen LogP contribution in [-0.2, 0) is 17.6 Å². The summed E-state index contributed by atoms with van der Waals surface area (Å²) in [4.78, 5) is 11.6. The van der Waals surface area contributed by atoms with Crippen molar-refractivity contribution in [3.8, 4) is 0 Å². The number of hydrogen-bond acceptors (Lipinski definition) is 1. The second-order valence-corrected chi connectivity index (χ2v) is 5.27. The van der Waals surface area contributed by atoms with Crippen LogP contribution in [0.4, 0.5) is 0 Å². The molecule has 1 unspecified atom stereocenters. The van der Waals surface area contributed by atoms with Crippen LogP contribution >= 0.6 is 0 Å². The highest BCUT2D eigenvalue weighted by molar-refractivity contribution is 5.76. The van der Waals surface area contributed by atoms with Gasteiger partial charge in [0, 0.05) is 6.42 Å². The Kier molecular flexibility index (Phi) is 4.40. The van der Waals surface area contributed by atoms with Crippen molar-refractivity contribution in [1.82, 2.24) is 5.32 Å². The molecule has 0 bridgehead atoms. The van der Waals surface area contributed by atoms with E-state index in [9.17, 15) is 4.79 Å². The molecule has 2 rings (SSSR count). The van der Waals surface area contributed by atoms with Crippen LogP contribution in [-0.4, -0.2) is 5.91 Å².